The van der Waals surface area contributed by atoms with Crippen LogP contribution in [0.1, 0.15) is 22.3 Å². The average Bonchev–Trinajstić information content (AvgIpc) is 3.72. The molecule has 0 unspecified atom stereocenters. The van der Waals surface area contributed by atoms with Crippen molar-refractivity contribution in [3.8, 4) is 0 Å². The molecule has 2 aliphatic rings. The largest absolute Gasteiger partial charge is 0.315 e. The van der Waals surface area contributed by atoms with Gasteiger partial charge in [0.25, 0.3) is 0 Å². The van der Waals surface area contributed by atoms with Crippen molar-refractivity contribution in [2.75, 3.05) is 0 Å². The summed E-state index contributed by atoms with van der Waals surface area (Å²) in [5.41, 5.74) is 5.53. The molecule has 7 aromatic rings. The summed E-state index contributed by atoms with van der Waals surface area (Å²) in [6.07, 6.45) is 15.3. The Morgan fingerprint density at radius 3 is 1.00 bits per heavy atom. The molecule has 0 fully saturated rings. The smallest absolute Gasteiger partial charge is 0.281 e. The van der Waals surface area contributed by atoms with Crippen LogP contribution in [-0.2, 0) is 20.2 Å². The maximum absolute atomic E-state index is 11.0. The molecule has 2 aromatic heterocycles. The fourth-order valence-corrected chi connectivity index (χ4v) is 6.86. The summed E-state index contributed by atoms with van der Waals surface area (Å²) >= 11 is 0. The topological polar surface area (TPSA) is 160 Å². The minimum absolute atomic E-state index is 0.0672. The molecule has 2 aliphatic carbocycles. The predicted octanol–water partition coefficient (Wildman–Crippen LogP) is 7.25. The van der Waals surface area contributed by atoms with Gasteiger partial charge in [0.1, 0.15) is 0 Å². The standard InChI is InChI=1S/2C12H8.C8H6N2O6S2.C4H4N2/c2*1-3-9-4-2-6-11-8-7-10(5-1)12(9)11;11-17(12,13)7-8(18(14,15)16)10-6-4-2-1-3-5(6)9-7;1-2-6-4-3-5-1/h2*1-8H;1-4H,(H,11,12,13)(H,14,15,16);1-4H. The minimum atomic E-state index is -4.92. The number of aromatic nitrogens is 4. The van der Waals surface area contributed by atoms with Crippen molar-refractivity contribution in [3.63, 3.8) is 0 Å². The van der Waals surface area contributed by atoms with E-state index in [1.807, 2.05) is 0 Å². The molecule has 0 spiro atoms. The molecule has 10 nitrogen and oxygen atoms in total. The van der Waals surface area contributed by atoms with Gasteiger partial charge in [-0.05, 0) is 55.9 Å². The van der Waals surface area contributed by atoms with Gasteiger partial charge in [-0.1, -0.05) is 109 Å². The van der Waals surface area contributed by atoms with Gasteiger partial charge in [-0.15, -0.1) is 0 Å². The maximum Gasteiger partial charge on any atom is 0.315 e. The van der Waals surface area contributed by atoms with Crippen molar-refractivity contribution in [2.24, 2.45) is 0 Å². The first-order valence-electron chi connectivity index (χ1n) is 14.4. The number of fused-ring (bicyclic) bond motifs is 1. The van der Waals surface area contributed by atoms with E-state index in [0.29, 0.717) is 0 Å². The summed E-state index contributed by atoms with van der Waals surface area (Å²) in [4.78, 5) is 14.4. The molecule has 238 valence electrons. The van der Waals surface area contributed by atoms with Gasteiger partial charge < -0.3 is 0 Å². The van der Waals surface area contributed by atoms with Crippen LogP contribution >= 0.6 is 0 Å². The Balaban J connectivity index is 0.000000118. The molecule has 2 N–H and O–H groups in total. The third-order valence-corrected chi connectivity index (χ3v) is 8.97. The van der Waals surface area contributed by atoms with Gasteiger partial charge in [0, 0.05) is 24.8 Å². The Morgan fingerprint density at radius 1 is 0.417 bits per heavy atom. The van der Waals surface area contributed by atoms with Crippen molar-refractivity contribution in [3.05, 3.63) is 144 Å². The third kappa shape index (κ3) is 7.17. The van der Waals surface area contributed by atoms with Crippen LogP contribution in [0.2, 0.25) is 0 Å². The number of hydrogen-bond donors (Lipinski definition) is 2. The van der Waals surface area contributed by atoms with E-state index in [9.17, 15) is 16.8 Å². The highest BCUT2D eigenvalue weighted by Crippen LogP contribution is 2.31. The van der Waals surface area contributed by atoms with E-state index < -0.39 is 30.3 Å². The number of hydrogen-bond acceptors (Lipinski definition) is 8. The lowest BCUT2D eigenvalue weighted by atomic mass is 10.0. The Hall–Kier alpha value is -5.66. The molecule has 0 saturated heterocycles. The van der Waals surface area contributed by atoms with Crippen LogP contribution in [0.5, 0.6) is 0 Å². The van der Waals surface area contributed by atoms with Gasteiger partial charge in [0.2, 0.25) is 10.1 Å². The van der Waals surface area contributed by atoms with Crippen LogP contribution in [0.3, 0.4) is 0 Å². The van der Waals surface area contributed by atoms with E-state index in [-0.39, 0.29) is 11.0 Å². The van der Waals surface area contributed by atoms with Crippen LogP contribution in [0.25, 0.3) is 56.9 Å². The Labute approximate surface area is 276 Å². The van der Waals surface area contributed by atoms with Crippen LogP contribution in [0, 0.1) is 0 Å². The maximum atomic E-state index is 11.0. The van der Waals surface area contributed by atoms with E-state index in [1.165, 1.54) is 68.1 Å². The third-order valence-electron chi connectivity index (χ3n) is 7.30. The van der Waals surface area contributed by atoms with Crippen LogP contribution in [0.4, 0.5) is 0 Å². The van der Waals surface area contributed by atoms with Gasteiger partial charge in [-0.2, -0.15) is 16.8 Å². The zero-order valence-electron chi connectivity index (χ0n) is 25.0. The van der Waals surface area contributed by atoms with Crippen molar-refractivity contribution >= 4 is 77.1 Å². The fourth-order valence-electron chi connectivity index (χ4n) is 5.27. The average molecular weight is 675 g/mol. The molecule has 0 radical (unpaired) electrons. The van der Waals surface area contributed by atoms with Gasteiger partial charge in [-0.3, -0.25) is 19.1 Å². The molecule has 2 heterocycles. The van der Waals surface area contributed by atoms with Crippen molar-refractivity contribution in [1.29, 1.82) is 0 Å². The molecular weight excluding hydrogens is 649 g/mol. The highest BCUT2D eigenvalue weighted by atomic mass is 32.2. The molecule has 48 heavy (non-hydrogen) atoms. The van der Waals surface area contributed by atoms with Crippen molar-refractivity contribution < 1.29 is 25.9 Å². The first kappa shape index (κ1) is 32.3. The summed E-state index contributed by atoms with van der Waals surface area (Å²) in [7, 11) is -9.84. The highest BCUT2D eigenvalue weighted by Gasteiger charge is 2.28. The number of benzene rings is 5. The number of nitrogens with zero attached hydrogens (tertiary/aromatic N) is 4. The zero-order chi connectivity index (χ0) is 33.7. The molecule has 0 saturated carbocycles. The first-order chi connectivity index (χ1) is 23.1. The molecular formula is C36H26N4O6S2. The second-order valence-electron chi connectivity index (χ2n) is 10.4. The fraction of sp³-hybridized carbons (Fsp3) is 0. The monoisotopic (exact) mass is 674 g/mol. The molecule has 12 heteroatoms. The van der Waals surface area contributed by atoms with Gasteiger partial charge >= 0.3 is 20.2 Å². The summed E-state index contributed by atoms with van der Waals surface area (Å²) in [5.74, 6) is 0. The summed E-state index contributed by atoms with van der Waals surface area (Å²) < 4.78 is 61.9. The molecule has 0 aliphatic heterocycles. The second kappa shape index (κ2) is 13.6. The molecule has 0 atom stereocenters. The lowest BCUT2D eigenvalue weighted by Crippen LogP contribution is -2.13. The van der Waals surface area contributed by atoms with Crippen LogP contribution in [0.15, 0.2) is 132 Å². The lowest BCUT2D eigenvalue weighted by molar-refractivity contribution is 0.458. The highest BCUT2D eigenvalue weighted by molar-refractivity contribution is 7.88. The van der Waals surface area contributed by atoms with Crippen molar-refractivity contribution in [1.82, 2.24) is 19.9 Å². The summed E-state index contributed by atoms with van der Waals surface area (Å²) in [6, 6.07) is 31.5. The number of rotatable bonds is 2. The van der Waals surface area contributed by atoms with E-state index in [0.717, 1.165) is 0 Å². The quantitative estimate of drug-likeness (QED) is 0.179. The Morgan fingerprint density at radius 2 is 0.729 bits per heavy atom. The molecule has 0 bridgehead atoms. The van der Waals surface area contributed by atoms with Crippen LogP contribution in [-0.4, -0.2) is 45.9 Å². The molecule has 5 aromatic carbocycles. The first-order valence-corrected chi connectivity index (χ1v) is 17.3. The Bertz CT molecular complexity index is 2300. The van der Waals surface area contributed by atoms with E-state index in [4.69, 9.17) is 9.11 Å². The molecule has 0 amide bonds. The van der Waals surface area contributed by atoms with Crippen LogP contribution < -0.4 is 0 Å². The van der Waals surface area contributed by atoms with E-state index in [2.05, 4.69) is 117 Å². The summed E-state index contributed by atoms with van der Waals surface area (Å²) in [6.45, 7) is 0. The molecule has 9 rings (SSSR count). The van der Waals surface area contributed by atoms with E-state index >= 15 is 0 Å². The second-order valence-corrected chi connectivity index (χ2v) is 13.1. The minimum Gasteiger partial charge on any atom is -0.281 e. The van der Waals surface area contributed by atoms with Gasteiger partial charge in [0.05, 0.1) is 11.0 Å². The predicted molar refractivity (Wildman–Crippen MR) is 187 cm³/mol. The lowest BCUT2D eigenvalue weighted by Gasteiger charge is -2.04. The van der Waals surface area contributed by atoms with Crippen molar-refractivity contribution in [2.45, 2.75) is 10.1 Å². The Kier molecular flexibility index (Phi) is 9.15. The number of para-hydroxylation sites is 2. The van der Waals surface area contributed by atoms with Gasteiger partial charge in [0.15, 0.2) is 0 Å². The SMILES string of the molecule is C1=Cc2cccc3cccc1c23.C1=Cc2cccc3cccc1c23.O=S(=O)(O)c1nc2ccccc2nc1S(=O)(=O)O.c1cnccn1. The van der Waals surface area contributed by atoms with E-state index in [1.54, 1.807) is 24.8 Å². The normalized spacial score (nSPS) is 12.1. The van der Waals surface area contributed by atoms with Gasteiger partial charge in [-0.25, -0.2) is 9.97 Å². The zero-order valence-corrected chi connectivity index (χ0v) is 26.6. The summed E-state index contributed by atoms with van der Waals surface area (Å²) in [5, 5.41) is 3.08.